The molecule has 2 aliphatic rings. The van der Waals surface area contributed by atoms with Gasteiger partial charge in [-0.25, -0.2) is 24.7 Å². The van der Waals surface area contributed by atoms with E-state index in [2.05, 4.69) is 33.7 Å². The molecule has 2 unspecified atom stereocenters. The second kappa shape index (κ2) is 9.34. The van der Waals surface area contributed by atoms with E-state index in [4.69, 9.17) is 4.98 Å². The molecule has 1 saturated heterocycles. The average Bonchev–Trinajstić information content (AvgIpc) is 2.88. The molecular weight excluding hydrogens is 430 g/mol. The van der Waals surface area contributed by atoms with Gasteiger partial charge in [0.25, 0.3) is 0 Å². The Morgan fingerprint density at radius 3 is 2.56 bits per heavy atom. The molecule has 0 radical (unpaired) electrons. The Morgan fingerprint density at radius 2 is 1.82 bits per heavy atom. The minimum atomic E-state index is -0.190. The third-order valence-corrected chi connectivity index (χ3v) is 6.53. The van der Waals surface area contributed by atoms with Crippen molar-refractivity contribution in [1.82, 2.24) is 29.7 Å². The zero-order valence-corrected chi connectivity index (χ0v) is 19.5. The highest BCUT2D eigenvalue weighted by molar-refractivity contribution is 5.76. The first-order valence-electron chi connectivity index (χ1n) is 11.7. The number of aliphatic hydroxyl groups excluding tert-OH is 1. The quantitative estimate of drug-likeness (QED) is 0.643. The fraction of sp³-hybridized carbons (Fsp3) is 0.400. The standard InChI is InChI=1S/C25H29N7O2/c1-17-13-31(23-8-10-26-22(16-33)29-23)14-18(2)32(17)25(34)30-11-9-21-20(15-30)12-27-24(28-21)19-6-4-3-5-7-19/h3-8,10,12,17-18,33H,9,11,13-16H2,1-2H3. The largest absolute Gasteiger partial charge is 0.388 e. The number of rotatable bonds is 3. The summed E-state index contributed by atoms with van der Waals surface area (Å²) < 4.78 is 0. The summed E-state index contributed by atoms with van der Waals surface area (Å²) >= 11 is 0. The first kappa shape index (κ1) is 22.2. The Hall–Kier alpha value is -3.59. The Morgan fingerprint density at radius 1 is 1.06 bits per heavy atom. The van der Waals surface area contributed by atoms with Crippen molar-refractivity contribution in [3.63, 3.8) is 0 Å². The molecule has 1 fully saturated rings. The number of benzene rings is 1. The van der Waals surface area contributed by atoms with Gasteiger partial charge in [-0.1, -0.05) is 30.3 Å². The Bertz CT molecular complexity index is 1160. The molecule has 9 nitrogen and oxygen atoms in total. The van der Waals surface area contributed by atoms with Crippen LogP contribution in [0.5, 0.6) is 0 Å². The van der Waals surface area contributed by atoms with Crippen molar-refractivity contribution in [1.29, 1.82) is 0 Å². The maximum absolute atomic E-state index is 13.5. The Labute approximate surface area is 199 Å². The van der Waals surface area contributed by atoms with E-state index in [0.29, 0.717) is 32.0 Å². The van der Waals surface area contributed by atoms with Crippen LogP contribution < -0.4 is 4.90 Å². The van der Waals surface area contributed by atoms with Crippen LogP contribution in [0.4, 0.5) is 10.6 Å². The van der Waals surface area contributed by atoms with Gasteiger partial charge < -0.3 is 19.8 Å². The second-order valence-corrected chi connectivity index (χ2v) is 8.99. The molecule has 5 rings (SSSR count). The Balaban J connectivity index is 1.28. The minimum absolute atomic E-state index is 0.0156. The van der Waals surface area contributed by atoms with Crippen molar-refractivity contribution in [2.75, 3.05) is 24.5 Å². The van der Waals surface area contributed by atoms with Crippen LogP contribution in [0.2, 0.25) is 0 Å². The lowest BCUT2D eigenvalue weighted by molar-refractivity contribution is 0.103. The van der Waals surface area contributed by atoms with E-state index in [1.54, 1.807) is 6.20 Å². The fourth-order valence-corrected chi connectivity index (χ4v) is 4.90. The molecule has 0 saturated carbocycles. The monoisotopic (exact) mass is 459 g/mol. The number of urea groups is 1. The fourth-order valence-electron chi connectivity index (χ4n) is 4.90. The third kappa shape index (κ3) is 4.31. The smallest absolute Gasteiger partial charge is 0.320 e. The molecule has 4 heterocycles. The van der Waals surface area contributed by atoms with E-state index in [0.717, 1.165) is 34.9 Å². The van der Waals surface area contributed by atoms with Crippen LogP contribution in [-0.4, -0.2) is 72.6 Å². The van der Waals surface area contributed by atoms with Gasteiger partial charge in [0.05, 0.1) is 12.2 Å². The number of hydrogen-bond acceptors (Lipinski definition) is 7. The molecule has 1 aromatic carbocycles. The molecule has 2 aromatic heterocycles. The summed E-state index contributed by atoms with van der Waals surface area (Å²) in [5, 5.41) is 9.36. The lowest BCUT2D eigenvalue weighted by atomic mass is 10.1. The van der Waals surface area contributed by atoms with Crippen molar-refractivity contribution in [3.05, 3.63) is 65.9 Å². The molecule has 2 atom stereocenters. The van der Waals surface area contributed by atoms with E-state index < -0.39 is 0 Å². The van der Waals surface area contributed by atoms with Gasteiger partial charge in [-0.05, 0) is 19.9 Å². The van der Waals surface area contributed by atoms with Gasteiger partial charge in [-0.2, -0.15) is 0 Å². The zero-order chi connectivity index (χ0) is 23.7. The summed E-state index contributed by atoms with van der Waals surface area (Å²) in [6, 6.07) is 11.9. The lowest BCUT2D eigenvalue weighted by Crippen LogP contribution is -2.62. The molecule has 2 amide bonds. The molecular formula is C25H29N7O2. The van der Waals surface area contributed by atoms with E-state index >= 15 is 0 Å². The number of hydrogen-bond donors (Lipinski definition) is 1. The number of carbonyl (C=O) groups excluding carboxylic acids is 1. The van der Waals surface area contributed by atoms with Crippen LogP contribution >= 0.6 is 0 Å². The molecule has 34 heavy (non-hydrogen) atoms. The number of aliphatic hydroxyl groups is 1. The number of aromatic nitrogens is 4. The van der Waals surface area contributed by atoms with Crippen LogP contribution in [0.3, 0.4) is 0 Å². The summed E-state index contributed by atoms with van der Waals surface area (Å²) in [6.07, 6.45) is 4.25. The first-order valence-corrected chi connectivity index (χ1v) is 11.7. The first-order chi connectivity index (χ1) is 16.5. The van der Waals surface area contributed by atoms with Crippen molar-refractivity contribution >= 4 is 11.8 Å². The van der Waals surface area contributed by atoms with Crippen LogP contribution in [0, 0.1) is 0 Å². The normalized spacial score (nSPS) is 20.3. The van der Waals surface area contributed by atoms with Crippen LogP contribution in [0.1, 0.15) is 30.9 Å². The number of anilines is 1. The summed E-state index contributed by atoms with van der Waals surface area (Å²) in [7, 11) is 0. The topological polar surface area (TPSA) is 98.6 Å². The van der Waals surface area contributed by atoms with Gasteiger partial charge in [0.2, 0.25) is 0 Å². The van der Waals surface area contributed by atoms with E-state index in [1.165, 1.54) is 0 Å². The van der Waals surface area contributed by atoms with Crippen LogP contribution in [0.25, 0.3) is 11.4 Å². The Kier molecular flexibility index (Phi) is 6.10. The SMILES string of the molecule is CC1CN(c2ccnc(CO)n2)CC(C)N1C(=O)N1CCc2nc(-c3ccccc3)ncc2C1. The number of amides is 2. The van der Waals surface area contributed by atoms with Crippen LogP contribution in [-0.2, 0) is 19.6 Å². The maximum atomic E-state index is 13.5. The highest BCUT2D eigenvalue weighted by Gasteiger charge is 2.36. The van der Waals surface area contributed by atoms with Gasteiger partial charge in [0, 0.05) is 61.7 Å². The molecule has 3 aromatic rings. The van der Waals surface area contributed by atoms with Crippen molar-refractivity contribution in [2.45, 2.75) is 45.5 Å². The van der Waals surface area contributed by atoms with Gasteiger partial charge in [-0.3, -0.25) is 0 Å². The van der Waals surface area contributed by atoms with E-state index in [-0.39, 0.29) is 24.7 Å². The van der Waals surface area contributed by atoms with Gasteiger partial charge >= 0.3 is 6.03 Å². The zero-order valence-electron chi connectivity index (χ0n) is 19.5. The van der Waals surface area contributed by atoms with Crippen molar-refractivity contribution in [2.24, 2.45) is 0 Å². The molecule has 0 aliphatic carbocycles. The predicted octanol–water partition coefficient (Wildman–Crippen LogP) is 2.50. The summed E-state index contributed by atoms with van der Waals surface area (Å²) in [5.41, 5.74) is 3.03. The number of nitrogens with zero attached hydrogens (tertiary/aromatic N) is 7. The highest BCUT2D eigenvalue weighted by Crippen LogP contribution is 2.26. The molecule has 0 bridgehead atoms. The van der Waals surface area contributed by atoms with Gasteiger partial charge in [0.1, 0.15) is 12.4 Å². The molecule has 176 valence electrons. The molecule has 2 aliphatic heterocycles. The number of carbonyl (C=O) groups is 1. The van der Waals surface area contributed by atoms with Crippen molar-refractivity contribution < 1.29 is 9.90 Å². The summed E-state index contributed by atoms with van der Waals surface area (Å²) in [6.45, 7) is 6.46. The maximum Gasteiger partial charge on any atom is 0.320 e. The second-order valence-electron chi connectivity index (χ2n) is 8.99. The van der Waals surface area contributed by atoms with Gasteiger partial charge in [0.15, 0.2) is 11.6 Å². The number of fused-ring (bicyclic) bond motifs is 1. The minimum Gasteiger partial charge on any atom is -0.388 e. The van der Waals surface area contributed by atoms with E-state index in [9.17, 15) is 9.90 Å². The van der Waals surface area contributed by atoms with Crippen LogP contribution in [0.15, 0.2) is 48.8 Å². The number of piperazine rings is 1. The molecule has 9 heteroatoms. The lowest BCUT2D eigenvalue weighted by Gasteiger charge is -2.46. The van der Waals surface area contributed by atoms with E-state index in [1.807, 2.05) is 52.4 Å². The summed E-state index contributed by atoms with van der Waals surface area (Å²) in [5.74, 6) is 1.91. The molecule has 0 spiro atoms. The van der Waals surface area contributed by atoms with Gasteiger partial charge in [-0.15, -0.1) is 0 Å². The molecule has 1 N–H and O–H groups in total. The third-order valence-electron chi connectivity index (χ3n) is 6.53. The predicted molar refractivity (Wildman–Crippen MR) is 128 cm³/mol. The van der Waals surface area contributed by atoms with Crippen molar-refractivity contribution in [3.8, 4) is 11.4 Å². The average molecular weight is 460 g/mol. The highest BCUT2D eigenvalue weighted by atomic mass is 16.3. The summed E-state index contributed by atoms with van der Waals surface area (Å²) in [4.78, 5) is 37.4.